The van der Waals surface area contributed by atoms with E-state index >= 15 is 0 Å². The Labute approximate surface area is 190 Å². The van der Waals surface area contributed by atoms with Crippen molar-refractivity contribution in [2.45, 2.75) is 26.1 Å². The number of anilines is 2. The van der Waals surface area contributed by atoms with Crippen LogP contribution in [0.5, 0.6) is 5.75 Å². The van der Waals surface area contributed by atoms with Crippen LogP contribution in [0.25, 0.3) is 0 Å². The van der Waals surface area contributed by atoms with Crippen molar-refractivity contribution in [3.63, 3.8) is 0 Å². The number of carbonyl (C=O) groups excluding carboxylic acids is 1. The minimum atomic E-state index is -4.52. The fourth-order valence-electron chi connectivity index (χ4n) is 2.71. The summed E-state index contributed by atoms with van der Waals surface area (Å²) < 4.78 is 66.4. The second-order valence-electron chi connectivity index (χ2n) is 7.55. The van der Waals surface area contributed by atoms with Gasteiger partial charge in [0.05, 0.1) is 22.0 Å². The van der Waals surface area contributed by atoms with Crippen LogP contribution in [0.15, 0.2) is 42.5 Å². The molecule has 1 atom stereocenters. The van der Waals surface area contributed by atoms with Gasteiger partial charge in [0.2, 0.25) is 5.91 Å². The molecule has 0 aliphatic carbocycles. The Balaban J connectivity index is 2.10. The van der Waals surface area contributed by atoms with Crippen molar-refractivity contribution in [3.05, 3.63) is 53.1 Å². The van der Waals surface area contributed by atoms with Crippen LogP contribution in [0.3, 0.4) is 0 Å². The van der Waals surface area contributed by atoms with Gasteiger partial charge in [-0.25, -0.2) is 8.42 Å². The van der Waals surface area contributed by atoms with E-state index in [9.17, 15) is 26.4 Å². The fraction of sp³-hybridized carbons (Fsp3) is 0.381. The van der Waals surface area contributed by atoms with E-state index in [0.29, 0.717) is 11.4 Å². The zero-order chi connectivity index (χ0) is 24.1. The van der Waals surface area contributed by atoms with E-state index in [1.165, 1.54) is 6.07 Å². The number of hydrogen-bond donors (Lipinski definition) is 2. The van der Waals surface area contributed by atoms with Gasteiger partial charge in [-0.2, -0.15) is 13.2 Å². The number of alkyl halides is 3. The predicted molar refractivity (Wildman–Crippen MR) is 119 cm³/mol. The van der Waals surface area contributed by atoms with E-state index in [-0.39, 0.29) is 29.0 Å². The Kier molecular flexibility index (Phi) is 8.41. The molecule has 2 N–H and O–H groups in total. The lowest BCUT2D eigenvalue weighted by Gasteiger charge is -2.24. The molecule has 32 heavy (non-hydrogen) atoms. The summed E-state index contributed by atoms with van der Waals surface area (Å²) in [7, 11) is -3.16. The van der Waals surface area contributed by atoms with Crippen LogP contribution < -0.4 is 15.4 Å². The lowest BCUT2D eigenvalue weighted by Crippen LogP contribution is -2.39. The van der Waals surface area contributed by atoms with Crippen LogP contribution in [0, 0.1) is 5.92 Å². The Bertz CT molecular complexity index is 1060. The number of rotatable bonds is 9. The molecule has 6 nitrogen and oxygen atoms in total. The summed E-state index contributed by atoms with van der Waals surface area (Å²) >= 11 is 6.00. The van der Waals surface area contributed by atoms with Gasteiger partial charge in [0.25, 0.3) is 0 Å². The molecule has 2 rings (SSSR count). The van der Waals surface area contributed by atoms with Crippen molar-refractivity contribution >= 4 is 38.7 Å². The van der Waals surface area contributed by atoms with Gasteiger partial charge in [0.15, 0.2) is 9.84 Å². The minimum absolute atomic E-state index is 0.0289. The van der Waals surface area contributed by atoms with Gasteiger partial charge >= 0.3 is 6.18 Å². The minimum Gasteiger partial charge on any atom is -0.492 e. The quantitative estimate of drug-likeness (QED) is 0.522. The second kappa shape index (κ2) is 10.4. The first-order chi connectivity index (χ1) is 14.8. The van der Waals surface area contributed by atoms with Crippen LogP contribution in [0.2, 0.25) is 5.02 Å². The maximum Gasteiger partial charge on any atom is 0.416 e. The first-order valence-electron chi connectivity index (χ1n) is 9.61. The van der Waals surface area contributed by atoms with Gasteiger partial charge in [-0.15, -0.1) is 0 Å². The van der Waals surface area contributed by atoms with Crippen molar-refractivity contribution in [2.75, 3.05) is 29.2 Å². The van der Waals surface area contributed by atoms with E-state index in [4.69, 9.17) is 16.3 Å². The molecule has 0 spiro atoms. The van der Waals surface area contributed by atoms with Gasteiger partial charge in [0, 0.05) is 18.0 Å². The molecule has 11 heteroatoms. The fourth-order valence-corrected chi connectivity index (χ4v) is 3.33. The number of nitrogens with one attached hydrogen (secondary N) is 2. The van der Waals surface area contributed by atoms with E-state index in [1.54, 1.807) is 38.1 Å². The number of ether oxygens (including phenoxy) is 1. The van der Waals surface area contributed by atoms with Crippen molar-refractivity contribution < 1.29 is 31.1 Å². The summed E-state index contributed by atoms with van der Waals surface area (Å²) in [5.74, 6) is -0.408. The molecule has 0 aliphatic rings. The van der Waals surface area contributed by atoms with Gasteiger partial charge in [-0.05, 0) is 36.2 Å². The van der Waals surface area contributed by atoms with E-state index < -0.39 is 33.5 Å². The van der Waals surface area contributed by atoms with E-state index in [2.05, 4.69) is 10.6 Å². The molecule has 0 fully saturated rings. The maximum atomic E-state index is 12.8. The number of halogens is 4. The Morgan fingerprint density at radius 1 is 1.16 bits per heavy atom. The van der Waals surface area contributed by atoms with Crippen molar-refractivity contribution in [1.29, 1.82) is 0 Å². The molecule has 0 radical (unpaired) electrons. The highest BCUT2D eigenvalue weighted by atomic mass is 35.5. The molecule has 0 saturated heterocycles. The van der Waals surface area contributed by atoms with Crippen molar-refractivity contribution in [3.8, 4) is 5.75 Å². The van der Waals surface area contributed by atoms with Crippen LogP contribution in [0.4, 0.5) is 24.5 Å². The smallest absolute Gasteiger partial charge is 0.416 e. The molecule has 2 aromatic carbocycles. The summed E-state index contributed by atoms with van der Waals surface area (Å²) in [6, 6.07) is 8.51. The molecule has 0 aliphatic heterocycles. The van der Waals surface area contributed by atoms with E-state index in [1.807, 2.05) is 0 Å². The van der Waals surface area contributed by atoms with Crippen LogP contribution in [-0.2, 0) is 20.8 Å². The van der Waals surface area contributed by atoms with Gasteiger partial charge < -0.3 is 15.4 Å². The number of amides is 1. The summed E-state index contributed by atoms with van der Waals surface area (Å²) in [5, 5.41) is 5.47. The summed E-state index contributed by atoms with van der Waals surface area (Å²) in [6.07, 6.45) is -3.42. The van der Waals surface area contributed by atoms with Gasteiger partial charge in [-0.3, -0.25) is 4.79 Å². The summed E-state index contributed by atoms with van der Waals surface area (Å²) in [6.45, 7) is 3.53. The number of carbonyl (C=O) groups is 1. The lowest BCUT2D eigenvalue weighted by molar-refractivity contribution is -0.137. The summed E-state index contributed by atoms with van der Waals surface area (Å²) in [4.78, 5) is 12.8. The molecule has 0 bridgehead atoms. The van der Waals surface area contributed by atoms with E-state index in [0.717, 1.165) is 18.4 Å². The molecule has 0 unspecified atom stereocenters. The van der Waals surface area contributed by atoms with Crippen molar-refractivity contribution in [1.82, 2.24) is 0 Å². The van der Waals surface area contributed by atoms with Crippen LogP contribution in [0.1, 0.15) is 19.4 Å². The average Bonchev–Trinajstić information content (AvgIpc) is 2.65. The van der Waals surface area contributed by atoms with Crippen molar-refractivity contribution in [2.24, 2.45) is 5.92 Å². The molecule has 1 amide bonds. The zero-order valence-corrected chi connectivity index (χ0v) is 19.2. The molecular weight excluding hydrogens is 469 g/mol. The van der Waals surface area contributed by atoms with Gasteiger partial charge in [-0.1, -0.05) is 31.5 Å². The Morgan fingerprint density at radius 2 is 1.84 bits per heavy atom. The zero-order valence-electron chi connectivity index (χ0n) is 17.7. The molecular formula is C21H24ClF3N2O4S. The number of sulfone groups is 1. The topological polar surface area (TPSA) is 84.5 Å². The third-order valence-corrected chi connectivity index (χ3v) is 5.60. The summed E-state index contributed by atoms with van der Waals surface area (Å²) in [5.41, 5.74) is -0.268. The maximum absolute atomic E-state index is 12.8. The highest BCUT2D eigenvalue weighted by molar-refractivity contribution is 7.90. The first-order valence-corrected chi connectivity index (χ1v) is 12.0. The van der Waals surface area contributed by atoms with Crippen LogP contribution in [-0.4, -0.2) is 39.0 Å². The standard InChI is InChI=1S/C21H24ClF3N2O4S/c1-13(2)19(27-18-8-7-14(11-17(18)22)21(23,24)25)20(28)26-15-5-4-6-16(12-15)31-9-10-32(3,29)30/h4-8,11-13,19,27H,9-10H2,1-3H3,(H,26,28)/t19-/m0/s1. The molecule has 176 valence electrons. The normalized spacial score (nSPS) is 13.0. The second-order valence-corrected chi connectivity index (χ2v) is 10.2. The SMILES string of the molecule is CC(C)[C@H](Nc1ccc(C(F)(F)F)cc1Cl)C(=O)Nc1cccc(OCCS(C)(=O)=O)c1. The average molecular weight is 493 g/mol. The molecule has 2 aromatic rings. The first kappa shape index (κ1) is 25.8. The highest BCUT2D eigenvalue weighted by Gasteiger charge is 2.31. The molecule has 0 saturated carbocycles. The number of hydrogen-bond acceptors (Lipinski definition) is 5. The molecule has 0 aromatic heterocycles. The predicted octanol–water partition coefficient (Wildman–Crippen LogP) is 4.86. The third-order valence-electron chi connectivity index (χ3n) is 4.38. The van der Waals surface area contributed by atoms with Crippen LogP contribution >= 0.6 is 11.6 Å². The number of benzene rings is 2. The lowest BCUT2D eigenvalue weighted by atomic mass is 10.0. The molecule has 0 heterocycles. The monoisotopic (exact) mass is 492 g/mol. The highest BCUT2D eigenvalue weighted by Crippen LogP contribution is 2.34. The Morgan fingerprint density at radius 3 is 2.41 bits per heavy atom. The third kappa shape index (κ3) is 7.90. The van der Waals surface area contributed by atoms with Gasteiger partial charge in [0.1, 0.15) is 18.4 Å². The Hall–Kier alpha value is -2.46. The largest absolute Gasteiger partial charge is 0.492 e.